The minimum atomic E-state index is -0.164. The molecular weight excluding hydrogens is 444 g/mol. The van der Waals surface area contributed by atoms with Gasteiger partial charge in [0.2, 0.25) is 5.91 Å². The summed E-state index contributed by atoms with van der Waals surface area (Å²) in [5, 5.41) is 12.8. The predicted octanol–water partition coefficient (Wildman–Crippen LogP) is 5.39. The second kappa shape index (κ2) is 10.3. The number of ether oxygens (including phenoxy) is 1. The molecule has 0 aliphatic heterocycles. The van der Waals surface area contributed by atoms with Gasteiger partial charge >= 0.3 is 0 Å². The van der Waals surface area contributed by atoms with Crippen molar-refractivity contribution in [3.8, 4) is 17.1 Å². The van der Waals surface area contributed by atoms with E-state index in [-0.39, 0.29) is 11.7 Å². The van der Waals surface area contributed by atoms with E-state index in [2.05, 4.69) is 27.6 Å². The molecule has 0 radical (unpaired) electrons. The molecule has 6 nitrogen and oxygen atoms in total. The fourth-order valence-corrected chi connectivity index (χ4v) is 4.06. The van der Waals surface area contributed by atoms with E-state index in [1.165, 1.54) is 11.8 Å². The third-order valence-electron chi connectivity index (χ3n) is 4.73. The van der Waals surface area contributed by atoms with E-state index in [9.17, 15) is 4.79 Å². The molecule has 4 aromatic rings. The molecule has 32 heavy (non-hydrogen) atoms. The van der Waals surface area contributed by atoms with Gasteiger partial charge in [0.25, 0.3) is 0 Å². The van der Waals surface area contributed by atoms with Crippen LogP contribution in [-0.2, 0) is 11.3 Å². The molecular formula is C24H21ClN4O2S. The van der Waals surface area contributed by atoms with Gasteiger partial charge in [-0.05, 0) is 42.0 Å². The van der Waals surface area contributed by atoms with Gasteiger partial charge in [-0.1, -0.05) is 65.8 Å². The Hall–Kier alpha value is -3.29. The molecule has 8 heteroatoms. The number of aromatic nitrogens is 3. The lowest BCUT2D eigenvalue weighted by molar-refractivity contribution is -0.113. The fraction of sp³-hybridized carbons (Fsp3) is 0.125. The van der Waals surface area contributed by atoms with E-state index in [0.29, 0.717) is 22.4 Å². The zero-order valence-electron chi connectivity index (χ0n) is 17.4. The van der Waals surface area contributed by atoms with E-state index < -0.39 is 0 Å². The highest BCUT2D eigenvalue weighted by Gasteiger charge is 2.17. The van der Waals surface area contributed by atoms with Gasteiger partial charge in [0.05, 0.1) is 30.1 Å². The van der Waals surface area contributed by atoms with Gasteiger partial charge in [0, 0.05) is 5.56 Å². The van der Waals surface area contributed by atoms with Crippen LogP contribution in [0.5, 0.6) is 5.75 Å². The van der Waals surface area contributed by atoms with Crippen LogP contribution in [0.15, 0.2) is 84.0 Å². The number of para-hydroxylation sites is 1. The lowest BCUT2D eigenvalue weighted by Crippen LogP contribution is -2.15. The molecule has 1 heterocycles. The first-order valence-corrected chi connectivity index (χ1v) is 11.3. The molecule has 0 saturated carbocycles. The lowest BCUT2D eigenvalue weighted by Gasteiger charge is -2.11. The molecule has 0 spiro atoms. The van der Waals surface area contributed by atoms with Crippen molar-refractivity contribution < 1.29 is 9.53 Å². The average molecular weight is 465 g/mol. The Balaban J connectivity index is 1.56. The van der Waals surface area contributed by atoms with Crippen LogP contribution in [0, 0.1) is 0 Å². The number of benzene rings is 3. The number of thioether (sulfide) groups is 1. The van der Waals surface area contributed by atoms with Gasteiger partial charge in [-0.2, -0.15) is 0 Å². The van der Waals surface area contributed by atoms with Crippen LogP contribution in [0.2, 0.25) is 5.02 Å². The molecule has 0 aliphatic rings. The third-order valence-corrected chi connectivity index (χ3v) is 6.03. The summed E-state index contributed by atoms with van der Waals surface area (Å²) in [6.45, 7) is 0.587. The minimum Gasteiger partial charge on any atom is -0.497 e. The van der Waals surface area contributed by atoms with Crippen LogP contribution in [0.4, 0.5) is 5.69 Å². The standard InChI is InChI=1S/C24H21ClN4O2S/c1-31-19-13-11-18(12-14-19)23-27-28-24(29(23)15-17-7-3-2-4-8-17)32-16-22(30)26-21-10-6-5-9-20(21)25/h2-14H,15-16H2,1H3,(H,26,30). The summed E-state index contributed by atoms with van der Waals surface area (Å²) in [6, 6.07) is 24.9. The van der Waals surface area contributed by atoms with Gasteiger partial charge in [0.15, 0.2) is 11.0 Å². The first kappa shape index (κ1) is 21.9. The number of methoxy groups -OCH3 is 1. The zero-order valence-corrected chi connectivity index (χ0v) is 18.9. The van der Waals surface area contributed by atoms with Crippen molar-refractivity contribution in [3.63, 3.8) is 0 Å². The smallest absolute Gasteiger partial charge is 0.234 e. The molecule has 0 bridgehead atoms. The quantitative estimate of drug-likeness (QED) is 0.354. The SMILES string of the molecule is COc1ccc(-c2nnc(SCC(=O)Nc3ccccc3Cl)n2Cc2ccccc2)cc1. The number of hydrogen-bond acceptors (Lipinski definition) is 5. The number of nitrogens with zero attached hydrogens (tertiary/aromatic N) is 3. The first-order chi connectivity index (χ1) is 15.6. The van der Waals surface area contributed by atoms with E-state index in [4.69, 9.17) is 16.3 Å². The minimum absolute atomic E-state index is 0.164. The molecule has 1 aromatic heterocycles. The maximum Gasteiger partial charge on any atom is 0.234 e. The largest absolute Gasteiger partial charge is 0.497 e. The van der Waals surface area contributed by atoms with Crippen molar-refractivity contribution in [1.29, 1.82) is 0 Å². The van der Waals surface area contributed by atoms with Crippen LogP contribution >= 0.6 is 23.4 Å². The topological polar surface area (TPSA) is 69.0 Å². The van der Waals surface area contributed by atoms with E-state index in [0.717, 1.165) is 22.7 Å². The summed E-state index contributed by atoms with van der Waals surface area (Å²) in [7, 11) is 1.63. The fourth-order valence-electron chi connectivity index (χ4n) is 3.14. The Bertz CT molecular complexity index is 1200. The van der Waals surface area contributed by atoms with Crippen LogP contribution in [-0.4, -0.2) is 33.5 Å². The summed E-state index contributed by atoms with van der Waals surface area (Å²) in [5.41, 5.74) is 2.62. The van der Waals surface area contributed by atoms with Crippen molar-refractivity contribution in [1.82, 2.24) is 14.8 Å². The van der Waals surface area contributed by atoms with E-state index in [1.54, 1.807) is 19.2 Å². The van der Waals surface area contributed by atoms with E-state index >= 15 is 0 Å². The number of hydrogen-bond donors (Lipinski definition) is 1. The molecule has 4 rings (SSSR count). The molecule has 0 fully saturated rings. The van der Waals surface area contributed by atoms with Gasteiger partial charge in [-0.25, -0.2) is 0 Å². The highest BCUT2D eigenvalue weighted by atomic mass is 35.5. The molecule has 0 atom stereocenters. The Labute approximate surface area is 195 Å². The molecule has 0 aliphatic carbocycles. The van der Waals surface area contributed by atoms with E-state index in [1.807, 2.05) is 59.2 Å². The summed E-state index contributed by atoms with van der Waals surface area (Å²) in [5.74, 6) is 1.52. The average Bonchev–Trinajstić information content (AvgIpc) is 3.22. The zero-order chi connectivity index (χ0) is 22.3. The van der Waals surface area contributed by atoms with Gasteiger partial charge in [-0.3, -0.25) is 9.36 Å². The third kappa shape index (κ3) is 5.30. The number of amides is 1. The highest BCUT2D eigenvalue weighted by Crippen LogP contribution is 2.27. The van der Waals surface area contributed by atoms with Crippen molar-refractivity contribution in [2.75, 3.05) is 18.2 Å². The van der Waals surface area contributed by atoms with Crippen molar-refractivity contribution in [2.24, 2.45) is 0 Å². The maximum absolute atomic E-state index is 12.5. The molecule has 1 N–H and O–H groups in total. The Morgan fingerprint density at radius 3 is 2.44 bits per heavy atom. The van der Waals surface area contributed by atoms with Gasteiger partial charge in [0.1, 0.15) is 5.75 Å². The van der Waals surface area contributed by atoms with Crippen LogP contribution in [0.1, 0.15) is 5.56 Å². The van der Waals surface area contributed by atoms with Gasteiger partial charge < -0.3 is 10.1 Å². The molecule has 0 saturated heterocycles. The number of anilines is 1. The Morgan fingerprint density at radius 2 is 1.72 bits per heavy atom. The Kier molecular flexibility index (Phi) is 7.09. The molecule has 162 valence electrons. The number of rotatable bonds is 8. The summed E-state index contributed by atoms with van der Waals surface area (Å²) >= 11 is 7.47. The first-order valence-electron chi connectivity index (χ1n) is 9.93. The maximum atomic E-state index is 12.5. The summed E-state index contributed by atoms with van der Waals surface area (Å²) in [6.07, 6.45) is 0. The monoisotopic (exact) mass is 464 g/mol. The summed E-state index contributed by atoms with van der Waals surface area (Å²) < 4.78 is 7.28. The Morgan fingerprint density at radius 1 is 1.00 bits per heavy atom. The number of nitrogens with one attached hydrogen (secondary N) is 1. The molecule has 3 aromatic carbocycles. The highest BCUT2D eigenvalue weighted by molar-refractivity contribution is 7.99. The predicted molar refractivity (Wildman–Crippen MR) is 128 cm³/mol. The van der Waals surface area contributed by atoms with Crippen molar-refractivity contribution >= 4 is 35.0 Å². The van der Waals surface area contributed by atoms with Gasteiger partial charge in [-0.15, -0.1) is 10.2 Å². The molecule has 0 unspecified atom stereocenters. The van der Waals surface area contributed by atoms with Crippen molar-refractivity contribution in [3.05, 3.63) is 89.4 Å². The number of halogens is 1. The number of carbonyl (C=O) groups excluding carboxylic acids is 1. The normalized spacial score (nSPS) is 10.7. The second-order valence-electron chi connectivity index (χ2n) is 6.92. The summed E-state index contributed by atoms with van der Waals surface area (Å²) in [4.78, 5) is 12.5. The van der Waals surface area contributed by atoms with Crippen molar-refractivity contribution in [2.45, 2.75) is 11.7 Å². The lowest BCUT2D eigenvalue weighted by atomic mass is 10.2. The second-order valence-corrected chi connectivity index (χ2v) is 8.27. The van der Waals surface area contributed by atoms with Crippen LogP contribution in [0.3, 0.4) is 0 Å². The molecule has 1 amide bonds. The number of carbonyl (C=O) groups is 1. The van der Waals surface area contributed by atoms with Crippen LogP contribution < -0.4 is 10.1 Å². The van der Waals surface area contributed by atoms with Crippen LogP contribution in [0.25, 0.3) is 11.4 Å².